The maximum absolute atomic E-state index is 13.6. The van der Waals surface area contributed by atoms with Crippen LogP contribution in [0.25, 0.3) is 0 Å². The minimum atomic E-state index is -3.99. The van der Waals surface area contributed by atoms with Crippen LogP contribution in [0.1, 0.15) is 43.0 Å². The Morgan fingerprint density at radius 3 is 2.40 bits per heavy atom. The molecular weight excluding hydrogens is 528 g/mol. The van der Waals surface area contributed by atoms with Crippen molar-refractivity contribution in [1.29, 1.82) is 0 Å². The maximum Gasteiger partial charge on any atom is 0.264 e. The van der Waals surface area contributed by atoms with Gasteiger partial charge in [-0.05, 0) is 98.3 Å². The van der Waals surface area contributed by atoms with E-state index in [4.69, 9.17) is 4.74 Å². The number of ether oxygens (including phenoxy) is 1. The molecule has 1 unspecified atom stereocenters. The number of hydrogen-bond donors (Lipinski definition) is 1. The Bertz CT molecular complexity index is 1290. The fraction of sp³-hybridized carbons (Fsp3) is 0.296. The summed E-state index contributed by atoms with van der Waals surface area (Å²) in [6.07, 6.45) is 3.31. The van der Waals surface area contributed by atoms with Gasteiger partial charge < -0.3 is 10.1 Å². The van der Waals surface area contributed by atoms with Crippen molar-refractivity contribution < 1.29 is 17.9 Å². The van der Waals surface area contributed by atoms with E-state index < -0.39 is 10.0 Å². The highest BCUT2D eigenvalue weighted by Crippen LogP contribution is 2.28. The van der Waals surface area contributed by atoms with E-state index in [0.29, 0.717) is 18.0 Å². The zero-order valence-corrected chi connectivity index (χ0v) is 22.2. The normalized spacial score (nSPS) is 13.7. The number of amides is 1. The molecule has 3 aromatic rings. The Kier molecular flexibility index (Phi) is 7.82. The maximum atomic E-state index is 13.6. The van der Waals surface area contributed by atoms with Crippen LogP contribution in [0, 0.1) is 0 Å². The van der Waals surface area contributed by atoms with Crippen LogP contribution in [0.5, 0.6) is 5.75 Å². The molecule has 35 heavy (non-hydrogen) atoms. The number of rotatable bonds is 9. The molecule has 0 radical (unpaired) electrons. The second-order valence-corrected chi connectivity index (χ2v) is 11.3. The first-order chi connectivity index (χ1) is 16.8. The number of nitrogens with zero attached hydrogens (tertiary/aromatic N) is 1. The van der Waals surface area contributed by atoms with Crippen LogP contribution in [0.15, 0.2) is 76.1 Å². The third-order valence-corrected chi connectivity index (χ3v) is 8.44. The molecule has 1 atom stereocenters. The summed E-state index contributed by atoms with van der Waals surface area (Å²) in [5, 5.41) is 2.97. The van der Waals surface area contributed by atoms with Crippen molar-refractivity contribution in [2.24, 2.45) is 0 Å². The van der Waals surface area contributed by atoms with Crippen molar-refractivity contribution in [3.05, 3.63) is 87.9 Å². The zero-order valence-electron chi connectivity index (χ0n) is 19.8. The second kappa shape index (κ2) is 10.8. The van der Waals surface area contributed by atoms with Crippen molar-refractivity contribution in [2.45, 2.75) is 44.0 Å². The summed E-state index contributed by atoms with van der Waals surface area (Å²) in [7, 11) is -3.99. The fourth-order valence-electron chi connectivity index (χ4n) is 4.29. The van der Waals surface area contributed by atoms with Gasteiger partial charge in [-0.1, -0.05) is 34.1 Å². The van der Waals surface area contributed by atoms with E-state index in [-0.39, 0.29) is 23.4 Å². The summed E-state index contributed by atoms with van der Waals surface area (Å²) in [5.74, 6) is 0.250. The molecule has 0 bridgehead atoms. The number of nitrogens with one attached hydrogen (secondary N) is 1. The molecule has 8 heteroatoms. The number of anilines is 1. The van der Waals surface area contributed by atoms with Gasteiger partial charge in [-0.15, -0.1) is 0 Å². The van der Waals surface area contributed by atoms with E-state index >= 15 is 0 Å². The van der Waals surface area contributed by atoms with Gasteiger partial charge in [0.1, 0.15) is 12.3 Å². The quantitative estimate of drug-likeness (QED) is 0.382. The van der Waals surface area contributed by atoms with Crippen LogP contribution in [-0.4, -0.2) is 27.5 Å². The minimum Gasteiger partial charge on any atom is -0.494 e. The number of benzene rings is 3. The van der Waals surface area contributed by atoms with Crippen LogP contribution < -0.4 is 14.4 Å². The van der Waals surface area contributed by atoms with Crippen LogP contribution in [0.4, 0.5) is 5.69 Å². The summed E-state index contributed by atoms with van der Waals surface area (Å²) >= 11 is 3.34. The molecule has 0 aliphatic heterocycles. The first kappa shape index (κ1) is 25.3. The van der Waals surface area contributed by atoms with Gasteiger partial charge in [-0.25, -0.2) is 8.42 Å². The van der Waals surface area contributed by atoms with Crippen LogP contribution in [-0.2, 0) is 27.7 Å². The number of halogens is 1. The summed E-state index contributed by atoms with van der Waals surface area (Å²) in [6.45, 7) is 3.95. The predicted octanol–water partition coefficient (Wildman–Crippen LogP) is 5.41. The van der Waals surface area contributed by atoms with E-state index in [0.717, 1.165) is 33.6 Å². The first-order valence-corrected chi connectivity index (χ1v) is 13.9. The number of hydrogen-bond acceptors (Lipinski definition) is 4. The molecule has 0 spiro atoms. The molecule has 1 N–H and O–H groups in total. The summed E-state index contributed by atoms with van der Waals surface area (Å²) in [6, 6.07) is 19.2. The molecule has 184 valence electrons. The van der Waals surface area contributed by atoms with Crippen molar-refractivity contribution in [2.75, 3.05) is 17.5 Å². The second-order valence-electron chi connectivity index (χ2n) is 8.56. The average molecular weight is 558 g/mol. The lowest BCUT2D eigenvalue weighted by Crippen LogP contribution is -2.41. The third kappa shape index (κ3) is 5.87. The largest absolute Gasteiger partial charge is 0.494 e. The van der Waals surface area contributed by atoms with Crippen LogP contribution >= 0.6 is 15.9 Å². The fourth-order valence-corrected chi connectivity index (χ4v) is 5.97. The number of fused-ring (bicyclic) bond motifs is 1. The van der Waals surface area contributed by atoms with E-state index in [1.165, 1.54) is 23.3 Å². The first-order valence-electron chi connectivity index (χ1n) is 11.7. The molecule has 0 saturated heterocycles. The van der Waals surface area contributed by atoms with Crippen molar-refractivity contribution in [3.63, 3.8) is 0 Å². The Balaban J connectivity index is 1.58. The molecule has 0 fully saturated rings. The molecule has 0 heterocycles. The number of sulfonamides is 1. The van der Waals surface area contributed by atoms with E-state index in [2.05, 4.69) is 33.4 Å². The lowest BCUT2D eigenvalue weighted by molar-refractivity contribution is -0.120. The van der Waals surface area contributed by atoms with E-state index in [9.17, 15) is 13.2 Å². The molecule has 3 aromatic carbocycles. The molecule has 1 aliphatic rings. The van der Waals surface area contributed by atoms with Gasteiger partial charge in [-0.2, -0.15) is 0 Å². The standard InChI is InChI=1S/C27H29BrN2O4S/c1-3-34-25-13-11-24(12-14-25)30(35(32,33)26-15-9-23(28)10-16-26)18-27(31)29-19(2)21-8-7-20-5-4-6-22(20)17-21/h7-17,19H,3-6,18H2,1-2H3,(H,29,31). The summed E-state index contributed by atoms with van der Waals surface area (Å²) in [5.41, 5.74) is 4.10. The molecule has 6 nitrogen and oxygen atoms in total. The minimum absolute atomic E-state index is 0.106. The van der Waals surface area contributed by atoms with Gasteiger partial charge in [0.2, 0.25) is 5.91 Å². The van der Waals surface area contributed by atoms with Gasteiger partial charge in [0.25, 0.3) is 10.0 Å². The highest BCUT2D eigenvalue weighted by atomic mass is 79.9. The lowest BCUT2D eigenvalue weighted by Gasteiger charge is -2.25. The summed E-state index contributed by atoms with van der Waals surface area (Å²) in [4.78, 5) is 13.2. The SMILES string of the molecule is CCOc1ccc(N(CC(=O)NC(C)c2ccc3c(c2)CCC3)S(=O)(=O)c2ccc(Br)cc2)cc1. The summed E-state index contributed by atoms with van der Waals surface area (Å²) < 4.78 is 34.5. The van der Waals surface area contributed by atoms with E-state index in [1.54, 1.807) is 36.4 Å². The smallest absolute Gasteiger partial charge is 0.264 e. The highest BCUT2D eigenvalue weighted by Gasteiger charge is 2.28. The lowest BCUT2D eigenvalue weighted by atomic mass is 10.0. The van der Waals surface area contributed by atoms with Gasteiger partial charge in [0.15, 0.2) is 0 Å². The Morgan fingerprint density at radius 2 is 1.71 bits per heavy atom. The third-order valence-electron chi connectivity index (χ3n) is 6.12. The number of carbonyl (C=O) groups excluding carboxylic acids is 1. The number of aryl methyl sites for hydroxylation is 2. The highest BCUT2D eigenvalue weighted by molar-refractivity contribution is 9.10. The average Bonchev–Trinajstić information content (AvgIpc) is 3.31. The monoisotopic (exact) mass is 556 g/mol. The predicted molar refractivity (Wildman–Crippen MR) is 141 cm³/mol. The van der Waals surface area contributed by atoms with Crippen LogP contribution in [0.3, 0.4) is 0 Å². The molecular formula is C27H29BrN2O4S. The Hall–Kier alpha value is -2.84. The topological polar surface area (TPSA) is 75.7 Å². The molecule has 1 aliphatic carbocycles. The van der Waals surface area contributed by atoms with Crippen LogP contribution in [0.2, 0.25) is 0 Å². The molecule has 0 saturated carbocycles. The Labute approximate surface area is 215 Å². The van der Waals surface area contributed by atoms with E-state index in [1.807, 2.05) is 19.9 Å². The molecule has 1 amide bonds. The van der Waals surface area contributed by atoms with Gasteiger partial charge in [0.05, 0.1) is 23.2 Å². The zero-order chi connectivity index (χ0) is 25.0. The van der Waals surface area contributed by atoms with Gasteiger partial charge in [0, 0.05) is 4.47 Å². The van der Waals surface area contributed by atoms with Crippen molar-refractivity contribution in [3.8, 4) is 5.75 Å². The number of carbonyl (C=O) groups is 1. The molecule has 0 aromatic heterocycles. The van der Waals surface area contributed by atoms with Gasteiger partial charge >= 0.3 is 0 Å². The van der Waals surface area contributed by atoms with Crippen molar-refractivity contribution in [1.82, 2.24) is 5.32 Å². The Morgan fingerprint density at radius 1 is 1.03 bits per heavy atom. The van der Waals surface area contributed by atoms with Gasteiger partial charge in [-0.3, -0.25) is 9.10 Å². The molecule has 4 rings (SSSR count). The van der Waals surface area contributed by atoms with Crippen molar-refractivity contribution >= 4 is 37.5 Å².